The molecule has 8 rings (SSSR count). The molecule has 0 saturated heterocycles. The average Bonchev–Trinajstić information content (AvgIpc) is 4.02. The number of aromatic nitrogens is 4. The molecule has 14 nitrogen and oxygen atoms in total. The van der Waals surface area contributed by atoms with Crippen molar-refractivity contribution >= 4 is 56.6 Å². The predicted octanol–water partition coefficient (Wildman–Crippen LogP) is 6.93. The summed E-state index contributed by atoms with van der Waals surface area (Å²) >= 11 is 0. The zero-order chi connectivity index (χ0) is 34.5. The van der Waals surface area contributed by atoms with Crippen LogP contribution in [0.3, 0.4) is 0 Å². The van der Waals surface area contributed by atoms with Gasteiger partial charge in [-0.3, -0.25) is 29.8 Å². The zero-order valence-corrected chi connectivity index (χ0v) is 25.8. The molecule has 0 spiro atoms. The van der Waals surface area contributed by atoms with E-state index in [9.17, 15) is 34.2 Å². The molecular weight excluding hydrogens is 635 g/mol. The molecule has 2 amide bonds. The summed E-state index contributed by atoms with van der Waals surface area (Å²) in [5.41, 5.74) is 2.53. The number of nitrogens with zero attached hydrogens (tertiary/aromatic N) is 5. The van der Waals surface area contributed by atoms with Gasteiger partial charge in [0.15, 0.2) is 0 Å². The Bertz CT molecular complexity index is 2190. The molecular formula is C34H29FN8O6. The largest absolute Gasteiger partial charge is 0.361 e. The number of nitro groups is 2. The van der Waals surface area contributed by atoms with Gasteiger partial charge in [-0.05, 0) is 62.1 Å². The van der Waals surface area contributed by atoms with Crippen molar-refractivity contribution in [2.24, 2.45) is 11.8 Å². The first-order valence-corrected chi connectivity index (χ1v) is 15.3. The third kappa shape index (κ3) is 7.90. The van der Waals surface area contributed by atoms with Gasteiger partial charge >= 0.3 is 0 Å². The first-order chi connectivity index (χ1) is 23.7. The summed E-state index contributed by atoms with van der Waals surface area (Å²) < 4.78 is 14.5. The highest BCUT2D eigenvalue weighted by Crippen LogP contribution is 2.32. The number of aromatic amines is 1. The van der Waals surface area contributed by atoms with Gasteiger partial charge in [0.2, 0.25) is 11.8 Å². The molecule has 3 N–H and O–H groups in total. The number of anilines is 2. The van der Waals surface area contributed by atoms with Crippen LogP contribution < -0.4 is 10.6 Å². The Morgan fingerprint density at radius 1 is 0.776 bits per heavy atom. The first kappa shape index (κ1) is 32.4. The molecule has 0 bridgehead atoms. The number of hydrogen-bond acceptors (Lipinski definition) is 8. The standard InChI is InChI=1S/C17H14N4O3.C9H9FN2O.C8H6N2O2/c22-17(11-4-5-11)19-16-10-12(6-8-18-16)20-9-7-13-14(20)2-1-3-15(13)21(23)24;10-7-3-4-11-8(5-7)12-9(13)6-1-2-6;11-10(12)8-3-1-2-7-6(8)4-5-9-7/h1-3,6-11H,4-5H2,(H,18,19,22);3-6H,1-2H2,(H,11,12,13);1-5,9H. The maximum Gasteiger partial charge on any atom is 0.278 e. The van der Waals surface area contributed by atoms with E-state index in [-0.39, 0.29) is 56.5 Å². The second kappa shape index (κ2) is 14.1. The fourth-order valence-corrected chi connectivity index (χ4v) is 5.02. The van der Waals surface area contributed by atoms with Crippen LogP contribution in [0.1, 0.15) is 25.7 Å². The number of hydrogen-bond donors (Lipinski definition) is 3. The minimum absolute atomic E-state index is 0.00680. The average molecular weight is 665 g/mol. The van der Waals surface area contributed by atoms with E-state index in [1.807, 2.05) is 16.7 Å². The molecule has 2 aromatic carbocycles. The molecule has 0 unspecified atom stereocenters. The first-order valence-electron chi connectivity index (χ1n) is 15.3. The van der Waals surface area contributed by atoms with Crippen molar-refractivity contribution in [3.8, 4) is 5.69 Å². The van der Waals surface area contributed by atoms with Crippen LogP contribution in [0.15, 0.2) is 97.6 Å². The molecule has 4 aromatic heterocycles. The molecule has 2 aliphatic rings. The molecule has 4 heterocycles. The van der Waals surface area contributed by atoms with E-state index in [4.69, 9.17) is 0 Å². The monoisotopic (exact) mass is 664 g/mol. The Hall–Kier alpha value is -6.51. The maximum absolute atomic E-state index is 12.6. The second-order valence-corrected chi connectivity index (χ2v) is 11.4. The fraction of sp³-hybridized carbons (Fsp3) is 0.176. The number of fused-ring (bicyclic) bond motifs is 2. The lowest BCUT2D eigenvalue weighted by Gasteiger charge is -2.08. The van der Waals surface area contributed by atoms with Crippen molar-refractivity contribution in [1.82, 2.24) is 19.5 Å². The SMILES string of the molecule is O=C(Nc1cc(-n2ccc3c([N+](=O)[O-])cccc32)ccn1)C1CC1.O=C(Nc1cc(F)ccn1)C1CC1.O=[N+]([O-])c1cccc2[nH]ccc12. The van der Waals surface area contributed by atoms with E-state index in [1.165, 1.54) is 30.5 Å². The summed E-state index contributed by atoms with van der Waals surface area (Å²) in [4.78, 5) is 54.9. The molecule has 15 heteroatoms. The molecule has 0 radical (unpaired) electrons. The van der Waals surface area contributed by atoms with Crippen LogP contribution in [0, 0.1) is 37.9 Å². The van der Waals surface area contributed by atoms with Crippen LogP contribution >= 0.6 is 0 Å². The van der Waals surface area contributed by atoms with E-state index < -0.39 is 0 Å². The number of carbonyl (C=O) groups is 2. The smallest absolute Gasteiger partial charge is 0.278 e. The lowest BCUT2D eigenvalue weighted by Crippen LogP contribution is -2.14. The number of benzene rings is 2. The van der Waals surface area contributed by atoms with Gasteiger partial charge in [-0.25, -0.2) is 14.4 Å². The summed E-state index contributed by atoms with van der Waals surface area (Å²) in [7, 11) is 0. The van der Waals surface area contributed by atoms with Crippen LogP contribution in [-0.4, -0.2) is 41.2 Å². The number of nitrogens with one attached hydrogen (secondary N) is 3. The normalized spacial score (nSPS) is 13.4. The molecule has 6 aromatic rings. The highest BCUT2D eigenvalue weighted by molar-refractivity contribution is 5.94. The van der Waals surface area contributed by atoms with E-state index in [1.54, 1.807) is 55.0 Å². The van der Waals surface area contributed by atoms with Crippen molar-refractivity contribution in [1.29, 1.82) is 0 Å². The third-order valence-corrected chi connectivity index (χ3v) is 7.82. The van der Waals surface area contributed by atoms with Crippen LogP contribution in [0.25, 0.3) is 27.5 Å². The van der Waals surface area contributed by atoms with E-state index in [2.05, 4.69) is 25.6 Å². The summed E-state index contributed by atoms with van der Waals surface area (Å²) in [6.07, 6.45) is 10.1. The van der Waals surface area contributed by atoms with Crippen molar-refractivity contribution in [3.63, 3.8) is 0 Å². The van der Waals surface area contributed by atoms with Gasteiger partial charge in [-0.2, -0.15) is 0 Å². The Morgan fingerprint density at radius 3 is 1.98 bits per heavy atom. The van der Waals surface area contributed by atoms with Gasteiger partial charge in [0, 0.05) is 60.9 Å². The van der Waals surface area contributed by atoms with Crippen molar-refractivity contribution in [2.75, 3.05) is 10.6 Å². The Balaban J connectivity index is 0.000000140. The van der Waals surface area contributed by atoms with Gasteiger partial charge in [0.05, 0.1) is 37.3 Å². The molecule has 0 aliphatic heterocycles. The van der Waals surface area contributed by atoms with Gasteiger partial charge < -0.3 is 20.2 Å². The van der Waals surface area contributed by atoms with Gasteiger partial charge in [0.1, 0.15) is 17.5 Å². The second-order valence-electron chi connectivity index (χ2n) is 11.4. The minimum atomic E-state index is -0.388. The Labute approximate surface area is 277 Å². The summed E-state index contributed by atoms with van der Waals surface area (Å²) in [5.74, 6) is 0.538. The lowest BCUT2D eigenvalue weighted by molar-refractivity contribution is -0.383. The van der Waals surface area contributed by atoms with Crippen LogP contribution in [0.4, 0.5) is 27.4 Å². The number of pyridine rings is 2. The van der Waals surface area contributed by atoms with Crippen LogP contribution in [0.2, 0.25) is 0 Å². The highest BCUT2D eigenvalue weighted by atomic mass is 19.1. The lowest BCUT2D eigenvalue weighted by atomic mass is 10.2. The van der Waals surface area contributed by atoms with E-state index >= 15 is 0 Å². The number of H-pyrrole nitrogens is 1. The predicted molar refractivity (Wildman–Crippen MR) is 180 cm³/mol. The molecule has 2 saturated carbocycles. The molecule has 2 fully saturated rings. The fourth-order valence-electron chi connectivity index (χ4n) is 5.02. The summed E-state index contributed by atoms with van der Waals surface area (Å²) in [5, 5.41) is 28.2. The summed E-state index contributed by atoms with van der Waals surface area (Å²) in [6, 6.07) is 19.4. The Morgan fingerprint density at radius 2 is 1.37 bits per heavy atom. The quantitative estimate of drug-likeness (QED) is 0.121. The van der Waals surface area contributed by atoms with Crippen LogP contribution in [0.5, 0.6) is 0 Å². The van der Waals surface area contributed by atoms with E-state index in [0.29, 0.717) is 16.6 Å². The van der Waals surface area contributed by atoms with Crippen molar-refractivity contribution < 1.29 is 23.8 Å². The molecule has 2 aliphatic carbocycles. The van der Waals surface area contributed by atoms with Crippen molar-refractivity contribution in [2.45, 2.75) is 25.7 Å². The molecule has 49 heavy (non-hydrogen) atoms. The highest BCUT2D eigenvalue weighted by Gasteiger charge is 2.30. The van der Waals surface area contributed by atoms with Gasteiger partial charge in [-0.15, -0.1) is 0 Å². The Kier molecular flexibility index (Phi) is 9.32. The summed E-state index contributed by atoms with van der Waals surface area (Å²) in [6.45, 7) is 0. The number of nitro benzene ring substituents is 2. The topological polar surface area (TPSA) is 191 Å². The number of rotatable bonds is 7. The zero-order valence-electron chi connectivity index (χ0n) is 25.8. The number of amides is 2. The number of non-ortho nitro benzene ring substituents is 2. The minimum Gasteiger partial charge on any atom is -0.361 e. The van der Waals surface area contributed by atoms with Gasteiger partial charge in [0.25, 0.3) is 11.4 Å². The van der Waals surface area contributed by atoms with Crippen molar-refractivity contribution in [3.05, 3.63) is 124 Å². The van der Waals surface area contributed by atoms with E-state index in [0.717, 1.165) is 42.4 Å². The molecule has 0 atom stereocenters. The number of halogens is 1. The molecule has 248 valence electrons. The third-order valence-electron chi connectivity index (χ3n) is 7.82. The van der Waals surface area contributed by atoms with Crippen LogP contribution in [-0.2, 0) is 9.59 Å². The number of carbonyl (C=O) groups excluding carboxylic acids is 2. The van der Waals surface area contributed by atoms with Gasteiger partial charge in [-0.1, -0.05) is 12.1 Å². The maximum atomic E-state index is 12.6.